The van der Waals surface area contributed by atoms with E-state index in [0.29, 0.717) is 24.2 Å². The standard InChI is InChI=1S/C16H21N3O/c1-4-20-14-7-5-12(6-8-14)16-18-13(9-11(2)3)10-15(17)19-16/h5-8,10-11H,4,9H2,1-3H3,(H2,17,18,19). The summed E-state index contributed by atoms with van der Waals surface area (Å²) in [5.74, 6) is 2.57. The van der Waals surface area contributed by atoms with Crippen molar-refractivity contribution >= 4 is 5.82 Å². The summed E-state index contributed by atoms with van der Waals surface area (Å²) in [7, 11) is 0. The second kappa shape index (κ2) is 6.37. The summed E-state index contributed by atoms with van der Waals surface area (Å²) in [6, 6.07) is 9.61. The molecule has 2 rings (SSSR count). The predicted octanol–water partition coefficient (Wildman–Crippen LogP) is 3.32. The Balaban J connectivity index is 2.29. The van der Waals surface area contributed by atoms with Crippen molar-refractivity contribution in [3.8, 4) is 17.1 Å². The van der Waals surface area contributed by atoms with E-state index in [2.05, 4.69) is 23.8 Å². The molecule has 0 aliphatic rings. The van der Waals surface area contributed by atoms with Crippen molar-refractivity contribution in [2.45, 2.75) is 27.2 Å². The van der Waals surface area contributed by atoms with Crippen molar-refractivity contribution in [1.82, 2.24) is 9.97 Å². The molecule has 2 aromatic rings. The van der Waals surface area contributed by atoms with Crippen LogP contribution < -0.4 is 10.5 Å². The van der Waals surface area contributed by atoms with Gasteiger partial charge in [-0.15, -0.1) is 0 Å². The average Bonchev–Trinajstić information content (AvgIpc) is 2.38. The minimum Gasteiger partial charge on any atom is -0.494 e. The van der Waals surface area contributed by atoms with Crippen LogP contribution in [0.1, 0.15) is 26.5 Å². The van der Waals surface area contributed by atoms with Gasteiger partial charge in [-0.1, -0.05) is 13.8 Å². The van der Waals surface area contributed by atoms with Crippen LogP contribution in [0.25, 0.3) is 11.4 Å². The van der Waals surface area contributed by atoms with E-state index in [1.807, 2.05) is 37.3 Å². The van der Waals surface area contributed by atoms with Gasteiger partial charge >= 0.3 is 0 Å². The van der Waals surface area contributed by atoms with Crippen molar-refractivity contribution in [3.05, 3.63) is 36.0 Å². The van der Waals surface area contributed by atoms with Gasteiger partial charge in [-0.05, 0) is 43.5 Å². The summed E-state index contributed by atoms with van der Waals surface area (Å²) in [5, 5.41) is 0. The summed E-state index contributed by atoms with van der Waals surface area (Å²) in [6.07, 6.45) is 0.900. The largest absolute Gasteiger partial charge is 0.494 e. The second-order valence-electron chi connectivity index (χ2n) is 5.16. The van der Waals surface area contributed by atoms with Crippen LogP contribution in [-0.2, 0) is 6.42 Å². The van der Waals surface area contributed by atoms with Crippen molar-refractivity contribution in [1.29, 1.82) is 0 Å². The van der Waals surface area contributed by atoms with Gasteiger partial charge in [0.15, 0.2) is 5.82 Å². The van der Waals surface area contributed by atoms with Crippen LogP contribution in [0.5, 0.6) is 5.75 Å². The average molecular weight is 271 g/mol. The normalized spacial score (nSPS) is 10.8. The van der Waals surface area contributed by atoms with Gasteiger partial charge in [-0.2, -0.15) is 0 Å². The van der Waals surface area contributed by atoms with Gasteiger partial charge in [0.05, 0.1) is 6.61 Å². The molecule has 4 nitrogen and oxygen atoms in total. The quantitative estimate of drug-likeness (QED) is 0.906. The van der Waals surface area contributed by atoms with Crippen molar-refractivity contribution in [2.75, 3.05) is 12.3 Å². The fraction of sp³-hybridized carbons (Fsp3) is 0.375. The lowest BCUT2D eigenvalue weighted by atomic mass is 10.1. The maximum atomic E-state index is 5.87. The molecule has 0 aliphatic carbocycles. The van der Waals surface area contributed by atoms with E-state index in [-0.39, 0.29) is 0 Å². The lowest BCUT2D eigenvalue weighted by Gasteiger charge is -2.08. The first-order chi connectivity index (χ1) is 9.58. The Morgan fingerprint density at radius 1 is 1.15 bits per heavy atom. The number of benzene rings is 1. The van der Waals surface area contributed by atoms with Gasteiger partial charge in [-0.25, -0.2) is 9.97 Å². The first-order valence-corrected chi connectivity index (χ1v) is 6.95. The van der Waals surface area contributed by atoms with E-state index in [4.69, 9.17) is 10.5 Å². The Morgan fingerprint density at radius 2 is 1.85 bits per heavy atom. The molecule has 0 atom stereocenters. The molecule has 2 N–H and O–H groups in total. The number of hydrogen-bond acceptors (Lipinski definition) is 4. The Kier molecular flexibility index (Phi) is 4.56. The lowest BCUT2D eigenvalue weighted by Crippen LogP contribution is -2.03. The SMILES string of the molecule is CCOc1ccc(-c2nc(N)cc(CC(C)C)n2)cc1. The zero-order chi connectivity index (χ0) is 14.5. The van der Waals surface area contributed by atoms with Crippen LogP contribution in [0.4, 0.5) is 5.82 Å². The Labute approximate surface area is 120 Å². The monoisotopic (exact) mass is 271 g/mol. The van der Waals surface area contributed by atoms with E-state index < -0.39 is 0 Å². The van der Waals surface area contributed by atoms with Gasteiger partial charge in [0.2, 0.25) is 0 Å². The molecule has 0 aliphatic heterocycles. The van der Waals surface area contributed by atoms with Gasteiger partial charge in [0.1, 0.15) is 11.6 Å². The van der Waals surface area contributed by atoms with Crippen LogP contribution in [0.2, 0.25) is 0 Å². The predicted molar refractivity (Wildman–Crippen MR) is 81.6 cm³/mol. The molecule has 0 unspecified atom stereocenters. The number of ether oxygens (including phenoxy) is 1. The molecule has 0 fully saturated rings. The fourth-order valence-corrected chi connectivity index (χ4v) is 2.04. The zero-order valence-corrected chi connectivity index (χ0v) is 12.3. The van der Waals surface area contributed by atoms with Crippen LogP contribution in [-0.4, -0.2) is 16.6 Å². The Bertz CT molecular complexity index is 564. The van der Waals surface area contributed by atoms with E-state index in [1.165, 1.54) is 0 Å². The van der Waals surface area contributed by atoms with E-state index in [1.54, 1.807) is 0 Å². The zero-order valence-electron chi connectivity index (χ0n) is 12.3. The number of anilines is 1. The highest BCUT2D eigenvalue weighted by Gasteiger charge is 2.07. The summed E-state index contributed by atoms with van der Waals surface area (Å²) in [4.78, 5) is 8.90. The minimum atomic E-state index is 0.513. The van der Waals surface area contributed by atoms with Crippen molar-refractivity contribution in [2.24, 2.45) is 5.92 Å². The minimum absolute atomic E-state index is 0.513. The molecular formula is C16H21N3O. The lowest BCUT2D eigenvalue weighted by molar-refractivity contribution is 0.340. The number of hydrogen-bond donors (Lipinski definition) is 1. The summed E-state index contributed by atoms with van der Waals surface area (Å²) in [6.45, 7) is 6.95. The van der Waals surface area contributed by atoms with Gasteiger partial charge in [0.25, 0.3) is 0 Å². The van der Waals surface area contributed by atoms with E-state index >= 15 is 0 Å². The smallest absolute Gasteiger partial charge is 0.161 e. The van der Waals surface area contributed by atoms with Gasteiger partial charge < -0.3 is 10.5 Å². The fourth-order valence-electron chi connectivity index (χ4n) is 2.04. The van der Waals surface area contributed by atoms with Crippen LogP contribution in [0.15, 0.2) is 30.3 Å². The van der Waals surface area contributed by atoms with Crippen LogP contribution in [0, 0.1) is 5.92 Å². The molecule has 1 aromatic carbocycles. The van der Waals surface area contributed by atoms with E-state index in [0.717, 1.165) is 23.4 Å². The van der Waals surface area contributed by atoms with E-state index in [9.17, 15) is 0 Å². The molecular weight excluding hydrogens is 250 g/mol. The molecule has 0 radical (unpaired) electrons. The number of rotatable bonds is 5. The maximum absolute atomic E-state index is 5.87. The molecule has 0 saturated carbocycles. The highest BCUT2D eigenvalue weighted by molar-refractivity contribution is 5.58. The summed E-state index contributed by atoms with van der Waals surface area (Å²) >= 11 is 0. The molecule has 1 aromatic heterocycles. The van der Waals surface area contributed by atoms with Gasteiger partial charge in [0, 0.05) is 17.3 Å². The highest BCUT2D eigenvalue weighted by Crippen LogP contribution is 2.21. The first kappa shape index (κ1) is 14.3. The maximum Gasteiger partial charge on any atom is 0.161 e. The third-order valence-electron chi connectivity index (χ3n) is 2.84. The topological polar surface area (TPSA) is 61.0 Å². The number of nitrogen functional groups attached to an aromatic ring is 1. The second-order valence-corrected chi connectivity index (χ2v) is 5.16. The van der Waals surface area contributed by atoms with Crippen LogP contribution >= 0.6 is 0 Å². The number of nitrogens with zero attached hydrogens (tertiary/aromatic N) is 2. The molecule has 1 heterocycles. The van der Waals surface area contributed by atoms with Crippen molar-refractivity contribution in [3.63, 3.8) is 0 Å². The molecule has 0 bridgehead atoms. The molecule has 4 heteroatoms. The molecule has 20 heavy (non-hydrogen) atoms. The molecule has 0 saturated heterocycles. The number of aromatic nitrogens is 2. The molecule has 0 spiro atoms. The van der Waals surface area contributed by atoms with Gasteiger partial charge in [-0.3, -0.25) is 0 Å². The molecule has 0 amide bonds. The Hall–Kier alpha value is -2.10. The highest BCUT2D eigenvalue weighted by atomic mass is 16.5. The third-order valence-corrected chi connectivity index (χ3v) is 2.84. The first-order valence-electron chi connectivity index (χ1n) is 6.95. The number of nitrogens with two attached hydrogens (primary N) is 1. The third kappa shape index (κ3) is 3.70. The summed E-state index contributed by atoms with van der Waals surface area (Å²) < 4.78 is 5.43. The van der Waals surface area contributed by atoms with Crippen LogP contribution in [0.3, 0.4) is 0 Å². The molecule has 106 valence electrons. The Morgan fingerprint density at radius 3 is 2.45 bits per heavy atom. The van der Waals surface area contributed by atoms with Crippen molar-refractivity contribution < 1.29 is 4.74 Å². The summed E-state index contributed by atoms with van der Waals surface area (Å²) in [5.41, 5.74) is 7.81.